The van der Waals surface area contributed by atoms with E-state index in [4.69, 9.17) is 0 Å². The van der Waals surface area contributed by atoms with Gasteiger partial charge in [-0.2, -0.15) is 0 Å². The summed E-state index contributed by atoms with van der Waals surface area (Å²) in [5, 5.41) is 0. The monoisotopic (exact) mass is 164 g/mol. The summed E-state index contributed by atoms with van der Waals surface area (Å²) in [5.41, 5.74) is 0. The number of fused-ring (bicyclic) bond motifs is 2. The predicted octanol–water partition coefficient (Wildman–Crippen LogP) is 3.47. The van der Waals surface area contributed by atoms with E-state index in [9.17, 15) is 0 Å². The third-order valence-corrected chi connectivity index (χ3v) is 4.84. The molecule has 0 spiro atoms. The van der Waals surface area contributed by atoms with Crippen molar-refractivity contribution in [3.8, 4) is 0 Å². The first kappa shape index (κ1) is 7.41. The Morgan fingerprint density at radius 3 is 2.33 bits per heavy atom. The van der Waals surface area contributed by atoms with Gasteiger partial charge in [0.15, 0.2) is 0 Å². The third-order valence-electron chi connectivity index (χ3n) is 4.84. The molecule has 0 aliphatic heterocycles. The van der Waals surface area contributed by atoms with Crippen LogP contribution in [0.4, 0.5) is 0 Å². The van der Waals surface area contributed by atoms with Gasteiger partial charge in [0.1, 0.15) is 0 Å². The van der Waals surface area contributed by atoms with Crippen LogP contribution in [0.2, 0.25) is 0 Å². The average Bonchev–Trinajstić information content (AvgIpc) is 2.85. The van der Waals surface area contributed by atoms with Gasteiger partial charge in [0.25, 0.3) is 0 Å². The molecule has 0 aromatic carbocycles. The largest absolute Gasteiger partial charge is 0.0651 e. The van der Waals surface area contributed by atoms with Crippen molar-refractivity contribution < 1.29 is 0 Å². The Hall–Kier alpha value is 0. The SMILES string of the molecule is CCC1CC1C1C2CCCC1C2. The predicted molar refractivity (Wildman–Crippen MR) is 50.8 cm³/mol. The molecule has 3 aliphatic carbocycles. The van der Waals surface area contributed by atoms with Crippen molar-refractivity contribution in [3.05, 3.63) is 0 Å². The fourth-order valence-electron chi connectivity index (χ4n) is 4.07. The highest BCUT2D eigenvalue weighted by Crippen LogP contribution is 2.62. The van der Waals surface area contributed by atoms with Crippen LogP contribution in [-0.4, -0.2) is 0 Å². The van der Waals surface area contributed by atoms with Crippen molar-refractivity contribution in [1.29, 1.82) is 0 Å². The van der Waals surface area contributed by atoms with Crippen molar-refractivity contribution >= 4 is 0 Å². The second kappa shape index (κ2) is 2.49. The van der Waals surface area contributed by atoms with Gasteiger partial charge in [-0.05, 0) is 42.4 Å². The quantitative estimate of drug-likeness (QED) is 0.586. The molecule has 3 rings (SSSR count). The molecular formula is C12H20. The van der Waals surface area contributed by atoms with Crippen molar-refractivity contribution in [2.24, 2.45) is 29.6 Å². The summed E-state index contributed by atoms with van der Waals surface area (Å²) in [6, 6.07) is 0. The first-order valence-corrected chi connectivity index (χ1v) is 5.90. The molecule has 4 unspecified atom stereocenters. The Labute approximate surface area is 75.7 Å². The van der Waals surface area contributed by atoms with Gasteiger partial charge in [-0.15, -0.1) is 0 Å². The topological polar surface area (TPSA) is 0 Å². The van der Waals surface area contributed by atoms with E-state index in [1.165, 1.54) is 30.1 Å². The maximum atomic E-state index is 2.37. The molecule has 3 saturated carbocycles. The van der Waals surface area contributed by atoms with Gasteiger partial charge in [-0.3, -0.25) is 0 Å². The molecule has 68 valence electrons. The zero-order valence-corrected chi connectivity index (χ0v) is 8.13. The molecule has 0 heterocycles. The van der Waals surface area contributed by atoms with Gasteiger partial charge >= 0.3 is 0 Å². The van der Waals surface area contributed by atoms with Crippen LogP contribution in [0.1, 0.15) is 45.4 Å². The molecule has 0 heteroatoms. The second-order valence-electron chi connectivity index (χ2n) is 5.33. The molecule has 4 atom stereocenters. The van der Waals surface area contributed by atoms with Gasteiger partial charge in [0, 0.05) is 0 Å². The molecule has 2 bridgehead atoms. The Kier molecular flexibility index (Phi) is 1.54. The minimum absolute atomic E-state index is 1.15. The molecule has 0 N–H and O–H groups in total. The lowest BCUT2D eigenvalue weighted by Gasteiger charge is -2.50. The van der Waals surface area contributed by atoms with E-state index in [1.807, 2.05) is 0 Å². The van der Waals surface area contributed by atoms with E-state index >= 15 is 0 Å². The molecule has 0 aromatic rings. The van der Waals surface area contributed by atoms with Crippen LogP contribution < -0.4 is 0 Å². The summed E-state index contributed by atoms with van der Waals surface area (Å²) in [7, 11) is 0. The molecule has 0 saturated heterocycles. The molecule has 3 aliphatic rings. The van der Waals surface area contributed by atoms with Crippen LogP contribution in [0.3, 0.4) is 0 Å². The summed E-state index contributed by atoms with van der Waals surface area (Å²) in [4.78, 5) is 0. The van der Waals surface area contributed by atoms with E-state index in [1.54, 1.807) is 32.1 Å². The second-order valence-corrected chi connectivity index (χ2v) is 5.33. The smallest absolute Gasteiger partial charge is 0.0326 e. The first-order chi connectivity index (χ1) is 5.90. The van der Waals surface area contributed by atoms with Gasteiger partial charge < -0.3 is 0 Å². The normalized spacial score (nSPS) is 56.2. The number of rotatable bonds is 2. The Balaban J connectivity index is 1.64. The average molecular weight is 164 g/mol. The highest BCUT2D eigenvalue weighted by molar-refractivity contribution is 5.03. The standard InChI is InChI=1S/C12H20/c1-2-8-7-11(8)12-9-4-3-5-10(12)6-9/h8-12H,2-7H2,1H3. The maximum Gasteiger partial charge on any atom is -0.0326 e. The van der Waals surface area contributed by atoms with E-state index in [0.29, 0.717) is 0 Å². The summed E-state index contributed by atoms with van der Waals surface area (Å²) in [6.07, 6.45) is 9.37. The van der Waals surface area contributed by atoms with Crippen molar-refractivity contribution in [2.75, 3.05) is 0 Å². The van der Waals surface area contributed by atoms with Crippen molar-refractivity contribution in [3.63, 3.8) is 0 Å². The summed E-state index contributed by atoms with van der Waals surface area (Å²) in [5.74, 6) is 5.93. The summed E-state index contributed by atoms with van der Waals surface area (Å²) < 4.78 is 0. The van der Waals surface area contributed by atoms with Crippen LogP contribution in [0.5, 0.6) is 0 Å². The molecular weight excluding hydrogens is 144 g/mol. The lowest BCUT2D eigenvalue weighted by molar-refractivity contribution is -0.00552. The van der Waals surface area contributed by atoms with Crippen molar-refractivity contribution in [2.45, 2.75) is 45.4 Å². The van der Waals surface area contributed by atoms with Crippen LogP contribution in [0.25, 0.3) is 0 Å². The van der Waals surface area contributed by atoms with Gasteiger partial charge in [0.2, 0.25) is 0 Å². The molecule has 0 aromatic heterocycles. The van der Waals surface area contributed by atoms with Crippen LogP contribution in [-0.2, 0) is 0 Å². The first-order valence-electron chi connectivity index (χ1n) is 5.90. The van der Waals surface area contributed by atoms with E-state index in [2.05, 4.69) is 6.92 Å². The van der Waals surface area contributed by atoms with E-state index < -0.39 is 0 Å². The van der Waals surface area contributed by atoms with Crippen LogP contribution >= 0.6 is 0 Å². The summed E-state index contributed by atoms with van der Waals surface area (Å²) in [6.45, 7) is 2.37. The van der Waals surface area contributed by atoms with Crippen molar-refractivity contribution in [1.82, 2.24) is 0 Å². The molecule has 0 radical (unpaired) electrons. The molecule has 0 amide bonds. The maximum absolute atomic E-state index is 2.37. The fourth-order valence-corrected chi connectivity index (χ4v) is 4.07. The third kappa shape index (κ3) is 0.900. The minimum atomic E-state index is 1.15. The number of hydrogen-bond acceptors (Lipinski definition) is 0. The van der Waals surface area contributed by atoms with Crippen LogP contribution in [0, 0.1) is 29.6 Å². The zero-order chi connectivity index (χ0) is 8.13. The fraction of sp³-hybridized carbons (Fsp3) is 1.00. The Morgan fingerprint density at radius 1 is 1.08 bits per heavy atom. The molecule has 0 nitrogen and oxygen atoms in total. The molecule has 3 fully saturated rings. The highest BCUT2D eigenvalue weighted by atomic mass is 14.6. The van der Waals surface area contributed by atoms with Gasteiger partial charge in [-0.25, -0.2) is 0 Å². The van der Waals surface area contributed by atoms with E-state index in [0.717, 1.165) is 5.92 Å². The lowest BCUT2D eigenvalue weighted by Crippen LogP contribution is -2.42. The number of hydrogen-bond donors (Lipinski definition) is 0. The summed E-state index contributed by atoms with van der Waals surface area (Å²) >= 11 is 0. The van der Waals surface area contributed by atoms with E-state index in [-0.39, 0.29) is 0 Å². The highest BCUT2D eigenvalue weighted by Gasteiger charge is 2.54. The lowest BCUT2D eigenvalue weighted by atomic mass is 9.55. The minimum Gasteiger partial charge on any atom is -0.0651 e. The van der Waals surface area contributed by atoms with Crippen LogP contribution in [0.15, 0.2) is 0 Å². The zero-order valence-electron chi connectivity index (χ0n) is 8.13. The van der Waals surface area contributed by atoms with Gasteiger partial charge in [0.05, 0.1) is 0 Å². The van der Waals surface area contributed by atoms with Gasteiger partial charge in [-0.1, -0.05) is 32.6 Å². The Morgan fingerprint density at radius 2 is 1.83 bits per heavy atom. The Bertz CT molecular complexity index is 170. The molecule has 12 heavy (non-hydrogen) atoms.